The number of aromatic nitrogens is 2. The van der Waals surface area contributed by atoms with Crippen molar-refractivity contribution < 1.29 is 18.4 Å². The number of benzene rings is 2. The van der Waals surface area contributed by atoms with Crippen LogP contribution in [-0.4, -0.2) is 6.55 Å². The smallest absolute Gasteiger partial charge is 0.472 e. The van der Waals surface area contributed by atoms with E-state index in [-0.39, 0.29) is 0 Å². The monoisotopic (exact) mass is 379 g/mol. The Bertz CT molecular complexity index is 1160. The van der Waals surface area contributed by atoms with Gasteiger partial charge in [0.1, 0.15) is 12.9 Å². The van der Waals surface area contributed by atoms with Crippen LogP contribution >= 0.6 is 0 Å². The van der Waals surface area contributed by atoms with Crippen molar-refractivity contribution in [3.8, 4) is 34.0 Å². The maximum absolute atomic E-state index is 6.76. The predicted octanol–water partition coefficient (Wildman–Crippen LogP) is 3.60. The fourth-order valence-corrected chi connectivity index (χ4v) is 4.62. The van der Waals surface area contributed by atoms with Crippen molar-refractivity contribution in [3.05, 3.63) is 97.3 Å². The van der Waals surface area contributed by atoms with Crippen LogP contribution in [0.2, 0.25) is 0 Å². The lowest BCUT2D eigenvalue weighted by Crippen LogP contribution is -2.66. The standard InChI is InChI=1S/C24H20BN2O2/c1-6-15-26(16-7-1)17-25-18-27-21(19-9-2-4-13-23(19)28-25)11-8-12-22(27)20-10-3-5-14-24(20)29-25/h1-16H,17-18H2/q+1. The summed E-state index contributed by atoms with van der Waals surface area (Å²) in [5, 5.41) is 0. The number of para-hydroxylation sites is 2. The van der Waals surface area contributed by atoms with Crippen LogP contribution in [0, 0.1) is 0 Å². The zero-order valence-electron chi connectivity index (χ0n) is 15.9. The molecular weight excluding hydrogens is 359 g/mol. The molecule has 0 saturated carbocycles. The zero-order valence-corrected chi connectivity index (χ0v) is 15.9. The summed E-state index contributed by atoms with van der Waals surface area (Å²) in [4.78, 5) is 0. The summed E-state index contributed by atoms with van der Waals surface area (Å²) >= 11 is 0. The molecule has 0 radical (unpaired) electrons. The molecular formula is C24H20BN2O2+. The molecule has 0 unspecified atom stereocenters. The van der Waals surface area contributed by atoms with Crippen LogP contribution in [0.5, 0.6) is 11.5 Å². The van der Waals surface area contributed by atoms with Gasteiger partial charge in [-0.05, 0) is 30.3 Å². The first kappa shape index (κ1) is 16.4. The second kappa shape index (κ2) is 6.21. The Morgan fingerprint density at radius 3 is 1.86 bits per heavy atom. The zero-order chi connectivity index (χ0) is 19.3. The van der Waals surface area contributed by atoms with Crippen molar-refractivity contribution >= 4 is 6.55 Å². The number of pyridine rings is 2. The Labute approximate surface area is 169 Å². The van der Waals surface area contributed by atoms with Crippen LogP contribution < -0.4 is 18.4 Å². The Kier molecular flexibility index (Phi) is 3.50. The number of hydrogen-bond acceptors (Lipinski definition) is 2. The van der Waals surface area contributed by atoms with Gasteiger partial charge in [0.25, 0.3) is 0 Å². The number of fused-ring (bicyclic) bond motifs is 5. The summed E-state index contributed by atoms with van der Waals surface area (Å²) in [5.74, 6) is 1.73. The second-order valence-electron chi connectivity index (χ2n) is 7.76. The van der Waals surface area contributed by atoms with Crippen molar-refractivity contribution in [1.29, 1.82) is 0 Å². The third-order valence-electron chi connectivity index (χ3n) is 5.83. The summed E-state index contributed by atoms with van der Waals surface area (Å²) < 4.78 is 18.0. The van der Waals surface area contributed by atoms with Crippen LogP contribution in [0.25, 0.3) is 22.5 Å². The highest BCUT2D eigenvalue weighted by Crippen LogP contribution is 2.39. The summed E-state index contributed by atoms with van der Waals surface area (Å²) in [6.45, 7) is -1.72. The lowest BCUT2D eigenvalue weighted by atomic mass is 9.56. The number of hydrogen-bond donors (Lipinski definition) is 0. The van der Waals surface area contributed by atoms with E-state index in [1.807, 2.05) is 42.5 Å². The first-order valence-electron chi connectivity index (χ1n) is 10.0. The average Bonchev–Trinajstić information content (AvgIpc) is 2.98. The summed E-state index contributed by atoms with van der Waals surface area (Å²) in [6.07, 6.45) is 5.41. The first-order valence-corrected chi connectivity index (χ1v) is 10.0. The Morgan fingerprint density at radius 1 is 0.655 bits per heavy atom. The highest BCUT2D eigenvalue weighted by molar-refractivity contribution is 6.66. The van der Waals surface area contributed by atoms with E-state index < -0.39 is 6.55 Å². The van der Waals surface area contributed by atoms with Crippen molar-refractivity contribution in [2.75, 3.05) is 0 Å². The van der Waals surface area contributed by atoms with E-state index in [0.29, 0.717) is 12.9 Å². The molecule has 4 nitrogen and oxygen atoms in total. The van der Waals surface area contributed by atoms with E-state index in [4.69, 9.17) is 9.31 Å². The molecule has 0 N–H and O–H groups in total. The van der Waals surface area contributed by atoms with Crippen LogP contribution in [0.1, 0.15) is 0 Å². The molecule has 29 heavy (non-hydrogen) atoms. The van der Waals surface area contributed by atoms with Crippen molar-refractivity contribution in [2.45, 2.75) is 12.9 Å². The molecule has 2 aliphatic heterocycles. The van der Waals surface area contributed by atoms with Gasteiger partial charge in [-0.25, -0.2) is 9.13 Å². The minimum Gasteiger partial charge on any atom is -0.675 e. The van der Waals surface area contributed by atoms with E-state index in [9.17, 15) is 0 Å². The molecule has 6 rings (SSSR count). The second-order valence-corrected chi connectivity index (χ2v) is 7.76. The fraction of sp³-hybridized carbons (Fsp3) is 0.0833. The molecule has 0 fully saturated rings. The molecule has 0 spiro atoms. The minimum atomic E-state index is -1.72. The summed E-state index contributed by atoms with van der Waals surface area (Å²) in [7, 11) is 0. The molecule has 4 heterocycles. The number of rotatable bonds is 2. The predicted molar refractivity (Wildman–Crippen MR) is 111 cm³/mol. The SMILES string of the molecule is c1cc[n+](C[B-]23C[n+]4c(cccc4-c4ccccc4O2)-c2ccccc2O3)cc1. The molecule has 2 aliphatic rings. The van der Waals surface area contributed by atoms with E-state index >= 15 is 0 Å². The third-order valence-corrected chi connectivity index (χ3v) is 5.83. The average molecular weight is 379 g/mol. The van der Waals surface area contributed by atoms with Gasteiger partial charge < -0.3 is 9.31 Å². The van der Waals surface area contributed by atoms with Crippen molar-refractivity contribution in [2.24, 2.45) is 0 Å². The fourth-order valence-electron chi connectivity index (χ4n) is 4.62. The van der Waals surface area contributed by atoms with E-state index in [0.717, 1.165) is 34.0 Å². The summed E-state index contributed by atoms with van der Waals surface area (Å²) in [6, 6.07) is 29.1. The molecule has 0 atom stereocenters. The number of nitrogens with zero attached hydrogens (tertiary/aromatic N) is 2. The molecule has 0 amide bonds. The van der Waals surface area contributed by atoms with Gasteiger partial charge in [-0.15, -0.1) is 0 Å². The Balaban J connectivity index is 1.65. The minimum absolute atomic E-state index is 0.629. The normalized spacial score (nSPS) is 15.0. The summed E-state index contributed by atoms with van der Waals surface area (Å²) in [5.41, 5.74) is 4.50. The van der Waals surface area contributed by atoms with Gasteiger partial charge in [0.05, 0.1) is 22.6 Å². The lowest BCUT2D eigenvalue weighted by Gasteiger charge is -2.36. The molecule has 2 aromatic carbocycles. The van der Waals surface area contributed by atoms with E-state index in [1.54, 1.807) is 0 Å². The van der Waals surface area contributed by atoms with Gasteiger partial charge in [0.2, 0.25) is 11.4 Å². The maximum atomic E-state index is 6.76. The Morgan fingerprint density at radius 2 is 1.24 bits per heavy atom. The van der Waals surface area contributed by atoms with Gasteiger partial charge in [-0.2, -0.15) is 0 Å². The molecule has 140 valence electrons. The van der Waals surface area contributed by atoms with Crippen LogP contribution in [-0.2, 0) is 12.9 Å². The van der Waals surface area contributed by atoms with E-state index in [1.165, 1.54) is 0 Å². The van der Waals surface area contributed by atoms with Crippen LogP contribution in [0.4, 0.5) is 0 Å². The highest BCUT2D eigenvalue weighted by Gasteiger charge is 2.48. The highest BCUT2D eigenvalue weighted by atomic mass is 16.6. The lowest BCUT2D eigenvalue weighted by molar-refractivity contribution is -0.692. The largest absolute Gasteiger partial charge is 0.675 e. The van der Waals surface area contributed by atoms with Crippen LogP contribution in [0.15, 0.2) is 97.3 Å². The van der Waals surface area contributed by atoms with Gasteiger partial charge in [-0.1, -0.05) is 30.3 Å². The topological polar surface area (TPSA) is 26.2 Å². The van der Waals surface area contributed by atoms with Crippen LogP contribution in [0.3, 0.4) is 0 Å². The third kappa shape index (κ3) is 2.62. The molecule has 0 aliphatic carbocycles. The molecule has 4 aromatic rings. The first-order chi connectivity index (χ1) is 14.3. The van der Waals surface area contributed by atoms with Crippen molar-refractivity contribution in [1.82, 2.24) is 0 Å². The van der Waals surface area contributed by atoms with Gasteiger partial charge in [0.15, 0.2) is 12.4 Å². The Hall–Kier alpha value is -3.60. The quantitative estimate of drug-likeness (QED) is 0.393. The van der Waals surface area contributed by atoms with E-state index in [2.05, 4.69) is 64.0 Å². The van der Waals surface area contributed by atoms with Crippen molar-refractivity contribution in [3.63, 3.8) is 0 Å². The maximum Gasteiger partial charge on any atom is 0.472 e. The molecule has 2 bridgehead atoms. The van der Waals surface area contributed by atoms with Gasteiger partial charge in [0, 0.05) is 24.3 Å². The van der Waals surface area contributed by atoms with Gasteiger partial charge in [-0.3, -0.25) is 0 Å². The van der Waals surface area contributed by atoms with Gasteiger partial charge >= 0.3 is 6.55 Å². The molecule has 5 heteroatoms. The molecule has 0 saturated heterocycles. The molecule has 2 aromatic heterocycles.